The van der Waals surface area contributed by atoms with Crippen molar-refractivity contribution in [3.8, 4) is 17.1 Å². The molecular formula is C31H42N6O4. The minimum Gasteiger partial charge on any atom is -0.492 e. The normalized spacial score (nSPS) is 15.8. The second-order valence-corrected chi connectivity index (χ2v) is 12.2. The molecule has 1 saturated heterocycles. The molecule has 0 saturated carbocycles. The summed E-state index contributed by atoms with van der Waals surface area (Å²) in [6, 6.07) is 9.58. The Morgan fingerprint density at radius 1 is 1.15 bits per heavy atom. The number of carboxylic acid groups (broad SMARTS) is 1. The van der Waals surface area contributed by atoms with Gasteiger partial charge in [-0.1, -0.05) is 32.0 Å². The van der Waals surface area contributed by atoms with Crippen LogP contribution in [0, 0.1) is 12.3 Å². The number of anilines is 3. The maximum absolute atomic E-state index is 12.6. The Balaban J connectivity index is 1.72. The summed E-state index contributed by atoms with van der Waals surface area (Å²) in [5.41, 5.74) is 8.63. The summed E-state index contributed by atoms with van der Waals surface area (Å²) in [5.74, 6) is 0.586. The largest absolute Gasteiger partial charge is 0.492 e. The van der Waals surface area contributed by atoms with E-state index in [9.17, 15) is 9.90 Å². The average Bonchev–Trinajstić information content (AvgIpc) is 2.91. The van der Waals surface area contributed by atoms with Crippen LogP contribution in [0.3, 0.4) is 0 Å². The van der Waals surface area contributed by atoms with Crippen LogP contribution in [0.5, 0.6) is 5.75 Å². The molecule has 0 amide bonds. The number of piperidine rings is 1. The predicted octanol–water partition coefficient (Wildman–Crippen LogP) is 5.49. The number of carbonyl (C=O) groups is 1. The van der Waals surface area contributed by atoms with Gasteiger partial charge in [-0.3, -0.25) is 4.98 Å². The van der Waals surface area contributed by atoms with Crippen molar-refractivity contribution in [3.63, 3.8) is 0 Å². The second kappa shape index (κ2) is 12.3. The van der Waals surface area contributed by atoms with Gasteiger partial charge in [-0.2, -0.15) is 0 Å². The van der Waals surface area contributed by atoms with Crippen LogP contribution in [0.1, 0.15) is 64.8 Å². The number of carboxylic acids is 1. The number of benzene rings is 1. The van der Waals surface area contributed by atoms with Crippen LogP contribution in [0.25, 0.3) is 11.4 Å². The lowest BCUT2D eigenvalue weighted by Crippen LogP contribution is -2.39. The van der Waals surface area contributed by atoms with E-state index in [-0.39, 0.29) is 5.41 Å². The molecule has 2 aromatic heterocycles. The van der Waals surface area contributed by atoms with Crippen molar-refractivity contribution in [2.45, 2.75) is 66.1 Å². The van der Waals surface area contributed by atoms with E-state index >= 15 is 0 Å². The monoisotopic (exact) mass is 562 g/mol. The average molecular weight is 563 g/mol. The van der Waals surface area contributed by atoms with Crippen LogP contribution < -0.4 is 20.7 Å². The summed E-state index contributed by atoms with van der Waals surface area (Å²) in [6.45, 7) is 14.3. The Hall–Kier alpha value is -3.92. The van der Waals surface area contributed by atoms with Crippen LogP contribution in [0.4, 0.5) is 17.2 Å². The van der Waals surface area contributed by atoms with Crippen molar-refractivity contribution < 1.29 is 19.4 Å². The Morgan fingerprint density at radius 2 is 1.83 bits per heavy atom. The fraction of sp³-hybridized carbons (Fsp3) is 0.484. The molecule has 1 aliphatic rings. The first-order chi connectivity index (χ1) is 19.3. The summed E-state index contributed by atoms with van der Waals surface area (Å²) < 4.78 is 11.9. The Kier molecular flexibility index (Phi) is 9.01. The Bertz CT molecular complexity index is 1350. The Morgan fingerprint density at radius 3 is 2.46 bits per heavy atom. The van der Waals surface area contributed by atoms with Crippen molar-refractivity contribution in [1.82, 2.24) is 15.0 Å². The van der Waals surface area contributed by atoms with Gasteiger partial charge >= 0.3 is 5.97 Å². The number of nitrogens with zero attached hydrogens (tertiary/aromatic N) is 4. The van der Waals surface area contributed by atoms with E-state index in [0.29, 0.717) is 47.3 Å². The predicted molar refractivity (Wildman–Crippen MR) is 161 cm³/mol. The van der Waals surface area contributed by atoms with Gasteiger partial charge in [0.05, 0.1) is 35.3 Å². The lowest BCUT2D eigenvalue weighted by molar-refractivity contribution is -0.160. The van der Waals surface area contributed by atoms with Gasteiger partial charge in [0.15, 0.2) is 17.7 Å². The summed E-state index contributed by atoms with van der Waals surface area (Å²) >= 11 is 0. The number of nitrogens with one attached hydrogen (secondary N) is 1. The Labute approximate surface area is 242 Å². The molecule has 0 aliphatic carbocycles. The van der Waals surface area contributed by atoms with Crippen molar-refractivity contribution in [3.05, 3.63) is 54.0 Å². The molecule has 1 atom stereocenters. The molecule has 1 aliphatic heterocycles. The minimum atomic E-state index is -1.21. The number of aromatic nitrogens is 3. The molecule has 1 fully saturated rings. The van der Waals surface area contributed by atoms with E-state index in [0.717, 1.165) is 37.4 Å². The maximum atomic E-state index is 12.6. The maximum Gasteiger partial charge on any atom is 0.337 e. The van der Waals surface area contributed by atoms with Crippen LogP contribution >= 0.6 is 0 Å². The highest BCUT2D eigenvalue weighted by atomic mass is 16.5. The molecule has 3 heterocycles. The minimum absolute atomic E-state index is 0.198. The fourth-order valence-electron chi connectivity index (χ4n) is 4.87. The van der Waals surface area contributed by atoms with Crippen molar-refractivity contribution in [1.29, 1.82) is 0 Å². The molecule has 10 heteroatoms. The van der Waals surface area contributed by atoms with Crippen LogP contribution in [0.15, 0.2) is 42.7 Å². The quantitative estimate of drug-likeness (QED) is 0.272. The van der Waals surface area contributed by atoms with E-state index < -0.39 is 17.7 Å². The lowest BCUT2D eigenvalue weighted by atomic mass is 9.82. The summed E-state index contributed by atoms with van der Waals surface area (Å²) in [6.07, 6.45) is 3.99. The number of nitrogens with two attached hydrogens (primary N) is 1. The summed E-state index contributed by atoms with van der Waals surface area (Å²) in [5, 5.41) is 13.6. The van der Waals surface area contributed by atoms with Gasteiger partial charge in [0, 0.05) is 30.5 Å². The third-order valence-corrected chi connectivity index (χ3v) is 7.14. The molecule has 0 unspecified atom stereocenters. The van der Waals surface area contributed by atoms with Gasteiger partial charge in [0.2, 0.25) is 0 Å². The highest BCUT2D eigenvalue weighted by Gasteiger charge is 2.36. The first-order valence-corrected chi connectivity index (χ1v) is 14.0. The molecular weight excluding hydrogens is 520 g/mol. The molecule has 3 aromatic rings. The molecule has 220 valence electrons. The van der Waals surface area contributed by atoms with Crippen LogP contribution in [-0.4, -0.2) is 57.9 Å². The second-order valence-electron chi connectivity index (χ2n) is 12.2. The van der Waals surface area contributed by atoms with E-state index in [4.69, 9.17) is 20.2 Å². The molecule has 0 radical (unpaired) electrons. The van der Waals surface area contributed by atoms with Gasteiger partial charge in [-0.15, -0.1) is 0 Å². The van der Waals surface area contributed by atoms with E-state index in [2.05, 4.69) is 34.0 Å². The molecule has 0 bridgehead atoms. The van der Waals surface area contributed by atoms with Crippen LogP contribution in [0.2, 0.25) is 0 Å². The summed E-state index contributed by atoms with van der Waals surface area (Å²) in [4.78, 5) is 28.8. The number of rotatable bonds is 10. The van der Waals surface area contributed by atoms with Gasteiger partial charge < -0.3 is 30.5 Å². The number of hydrogen-bond acceptors (Lipinski definition) is 9. The van der Waals surface area contributed by atoms with E-state index in [1.165, 1.54) is 0 Å². The number of ether oxygens (including phenoxy) is 2. The zero-order valence-electron chi connectivity index (χ0n) is 24.9. The van der Waals surface area contributed by atoms with Gasteiger partial charge in [-0.05, 0) is 58.1 Å². The molecule has 41 heavy (non-hydrogen) atoms. The SMILES string of the molecule is Cc1ncc(-c2ncc(N)c(NCCOc3ccccc3)n2)c(N2CCC(C)(C)CC2)c1[C@H](OC(C)(C)C)C(=O)O. The highest BCUT2D eigenvalue weighted by molar-refractivity contribution is 5.85. The summed E-state index contributed by atoms with van der Waals surface area (Å²) in [7, 11) is 0. The number of pyridine rings is 1. The zero-order chi connectivity index (χ0) is 29.8. The number of para-hydroxylation sites is 1. The number of hydrogen-bond donors (Lipinski definition) is 3. The number of aliphatic carboxylic acids is 1. The van der Waals surface area contributed by atoms with E-state index in [1.807, 2.05) is 58.0 Å². The smallest absolute Gasteiger partial charge is 0.337 e. The van der Waals surface area contributed by atoms with E-state index in [1.54, 1.807) is 12.4 Å². The van der Waals surface area contributed by atoms with Crippen molar-refractivity contribution >= 4 is 23.2 Å². The first kappa shape index (κ1) is 30.0. The zero-order valence-corrected chi connectivity index (χ0v) is 24.9. The third-order valence-electron chi connectivity index (χ3n) is 7.14. The standard InChI is InChI=1S/C31H42N6O4/c1-20-24(26(29(38)39)41-30(2,3)4)25(37-15-12-31(5,6)13-16-37)22(18-34-20)27-35-19-23(32)28(36-27)33-14-17-40-21-10-8-7-9-11-21/h7-11,18-19,26H,12-17,32H2,1-6H3,(H,38,39)(H,33,35,36)/t26-/m0/s1. The van der Waals surface area contributed by atoms with Crippen LogP contribution in [-0.2, 0) is 9.53 Å². The third kappa shape index (κ3) is 7.64. The van der Waals surface area contributed by atoms with Crippen molar-refractivity contribution in [2.24, 2.45) is 5.41 Å². The molecule has 4 N–H and O–H groups in total. The number of aryl methyl sites for hydroxylation is 1. The van der Waals surface area contributed by atoms with Crippen molar-refractivity contribution in [2.75, 3.05) is 42.2 Å². The molecule has 1 aromatic carbocycles. The number of nitrogen functional groups attached to an aromatic ring is 1. The topological polar surface area (TPSA) is 136 Å². The molecule has 10 nitrogen and oxygen atoms in total. The van der Waals surface area contributed by atoms with Gasteiger partial charge in [-0.25, -0.2) is 14.8 Å². The molecule has 4 rings (SSSR count). The highest BCUT2D eigenvalue weighted by Crippen LogP contribution is 2.43. The van der Waals surface area contributed by atoms with Gasteiger partial charge in [0.1, 0.15) is 12.4 Å². The molecule has 0 spiro atoms. The first-order valence-electron chi connectivity index (χ1n) is 14.0. The van der Waals surface area contributed by atoms with Gasteiger partial charge in [0.25, 0.3) is 0 Å². The lowest BCUT2D eigenvalue weighted by Gasteiger charge is -2.40. The fourth-order valence-corrected chi connectivity index (χ4v) is 4.87.